The van der Waals surface area contributed by atoms with Crippen molar-refractivity contribution >= 4 is 10.9 Å². The van der Waals surface area contributed by atoms with Gasteiger partial charge < -0.3 is 0 Å². The van der Waals surface area contributed by atoms with Gasteiger partial charge in [-0.1, -0.05) is 49.7 Å². The summed E-state index contributed by atoms with van der Waals surface area (Å²) in [5.74, 6) is 0.180. The Hall–Kier alpha value is -3.21. The summed E-state index contributed by atoms with van der Waals surface area (Å²) >= 11 is 0. The van der Waals surface area contributed by atoms with Gasteiger partial charge in [-0.15, -0.1) is 0 Å². The van der Waals surface area contributed by atoms with Crippen molar-refractivity contribution in [1.82, 2.24) is 19.6 Å². The van der Waals surface area contributed by atoms with Gasteiger partial charge in [-0.3, -0.25) is 4.79 Å². The quantitative estimate of drug-likeness (QED) is 0.512. The highest BCUT2D eigenvalue weighted by Gasteiger charge is 2.19. The first-order valence-electron chi connectivity index (χ1n) is 9.97. The van der Waals surface area contributed by atoms with Crippen molar-refractivity contribution in [3.8, 4) is 5.69 Å². The van der Waals surface area contributed by atoms with Crippen LogP contribution in [0.15, 0.2) is 53.5 Å². The summed E-state index contributed by atoms with van der Waals surface area (Å²) in [6.07, 6.45) is 1.77. The molecular formula is C24H26N4O. The largest absolute Gasteiger partial charge is 0.293 e. The molecule has 0 aliphatic carbocycles. The number of rotatable bonds is 4. The normalized spacial score (nSPS) is 11.5. The van der Waals surface area contributed by atoms with Gasteiger partial charge in [0, 0.05) is 5.39 Å². The van der Waals surface area contributed by atoms with E-state index in [9.17, 15) is 4.79 Å². The fourth-order valence-electron chi connectivity index (χ4n) is 3.55. The molecule has 0 saturated heterocycles. The number of benzene rings is 2. The summed E-state index contributed by atoms with van der Waals surface area (Å²) < 4.78 is 3.32. The van der Waals surface area contributed by atoms with Crippen LogP contribution in [0.25, 0.3) is 16.6 Å². The molecule has 4 aromatic rings. The van der Waals surface area contributed by atoms with Gasteiger partial charge in [-0.25, -0.2) is 9.36 Å². The summed E-state index contributed by atoms with van der Waals surface area (Å²) in [5, 5.41) is 10.1. The first kappa shape index (κ1) is 19.1. The van der Waals surface area contributed by atoms with E-state index in [1.807, 2.05) is 18.2 Å². The second kappa shape index (κ2) is 7.32. The summed E-state index contributed by atoms with van der Waals surface area (Å²) in [4.78, 5) is 13.4. The van der Waals surface area contributed by atoms with Crippen LogP contribution in [0.2, 0.25) is 0 Å². The van der Waals surface area contributed by atoms with Gasteiger partial charge in [0.2, 0.25) is 0 Å². The monoisotopic (exact) mass is 386 g/mol. The van der Waals surface area contributed by atoms with Crippen molar-refractivity contribution < 1.29 is 0 Å². The van der Waals surface area contributed by atoms with Crippen molar-refractivity contribution in [3.63, 3.8) is 0 Å². The molecule has 0 N–H and O–H groups in total. The van der Waals surface area contributed by atoms with E-state index in [1.165, 1.54) is 16.7 Å². The molecule has 5 nitrogen and oxygen atoms in total. The lowest BCUT2D eigenvalue weighted by molar-refractivity contribution is 0.612. The number of nitrogens with zero attached hydrogens (tertiary/aromatic N) is 4. The molecule has 29 heavy (non-hydrogen) atoms. The van der Waals surface area contributed by atoms with Crippen LogP contribution < -0.4 is 5.56 Å². The lowest BCUT2D eigenvalue weighted by Crippen LogP contribution is -2.27. The minimum Gasteiger partial charge on any atom is -0.265 e. The van der Waals surface area contributed by atoms with Crippen molar-refractivity contribution in [2.24, 2.45) is 0 Å². The van der Waals surface area contributed by atoms with Gasteiger partial charge in [0.05, 0.1) is 24.1 Å². The zero-order valence-corrected chi connectivity index (χ0v) is 17.6. The predicted octanol–water partition coefficient (Wildman–Crippen LogP) is 4.68. The van der Waals surface area contributed by atoms with E-state index >= 15 is 0 Å². The van der Waals surface area contributed by atoms with E-state index in [0.717, 1.165) is 22.3 Å². The molecule has 0 bridgehead atoms. The smallest absolute Gasteiger partial charge is 0.265 e. The molecule has 5 heteroatoms. The number of hydrogen-bond acceptors (Lipinski definition) is 3. The van der Waals surface area contributed by atoms with Crippen molar-refractivity contribution in [3.05, 3.63) is 87.0 Å². The minimum atomic E-state index is -0.124. The standard InChI is InChI=1S/C24H26N4O/c1-15(2)22-21-13-25-28(20-11-8-17(4)18(5)12-20)23(21)24(29)27(26-22)14-19-9-6-16(3)7-10-19/h6-13,15H,14H2,1-5H3. The molecule has 2 aromatic heterocycles. The van der Waals surface area contributed by atoms with E-state index < -0.39 is 0 Å². The summed E-state index contributed by atoms with van der Waals surface area (Å²) in [5.41, 5.74) is 6.87. The van der Waals surface area contributed by atoms with Crippen LogP contribution in [0.1, 0.15) is 47.7 Å². The van der Waals surface area contributed by atoms with Crippen LogP contribution in [0.5, 0.6) is 0 Å². The van der Waals surface area contributed by atoms with Crippen LogP contribution in [0.3, 0.4) is 0 Å². The van der Waals surface area contributed by atoms with Gasteiger partial charge in [0.1, 0.15) is 5.52 Å². The maximum absolute atomic E-state index is 13.4. The molecule has 0 saturated carbocycles. The molecular weight excluding hydrogens is 360 g/mol. The Morgan fingerprint density at radius 1 is 0.966 bits per heavy atom. The molecule has 0 aliphatic heterocycles. The first-order chi connectivity index (χ1) is 13.8. The van der Waals surface area contributed by atoms with Crippen LogP contribution >= 0.6 is 0 Å². The molecule has 0 atom stereocenters. The molecule has 0 amide bonds. The van der Waals surface area contributed by atoms with Gasteiger partial charge in [-0.05, 0) is 55.5 Å². The summed E-state index contributed by atoms with van der Waals surface area (Å²) in [7, 11) is 0. The van der Waals surface area contributed by atoms with Crippen LogP contribution in [0, 0.1) is 20.8 Å². The lowest BCUT2D eigenvalue weighted by atomic mass is 10.1. The summed E-state index contributed by atoms with van der Waals surface area (Å²) in [6, 6.07) is 14.3. The Morgan fingerprint density at radius 2 is 1.69 bits per heavy atom. The molecule has 4 rings (SSSR count). The van der Waals surface area contributed by atoms with E-state index in [4.69, 9.17) is 5.10 Å². The third-order valence-electron chi connectivity index (χ3n) is 5.45. The highest BCUT2D eigenvalue weighted by Crippen LogP contribution is 2.24. The molecule has 2 aromatic carbocycles. The molecule has 0 radical (unpaired) electrons. The Bertz CT molecular complexity index is 1250. The van der Waals surface area contributed by atoms with Crippen LogP contribution in [-0.2, 0) is 6.54 Å². The molecule has 0 spiro atoms. The summed E-state index contributed by atoms with van der Waals surface area (Å²) in [6.45, 7) is 10.8. The van der Waals surface area contributed by atoms with Crippen LogP contribution in [-0.4, -0.2) is 19.6 Å². The Morgan fingerprint density at radius 3 is 2.34 bits per heavy atom. The highest BCUT2D eigenvalue weighted by atomic mass is 16.1. The number of aromatic nitrogens is 4. The van der Waals surface area contributed by atoms with Gasteiger partial charge >= 0.3 is 0 Å². The number of fused-ring (bicyclic) bond motifs is 1. The van der Waals surface area contributed by atoms with Gasteiger partial charge in [0.15, 0.2) is 0 Å². The average molecular weight is 386 g/mol. The predicted molar refractivity (Wildman–Crippen MR) is 117 cm³/mol. The molecule has 0 aliphatic rings. The zero-order chi connectivity index (χ0) is 20.7. The minimum absolute atomic E-state index is 0.124. The average Bonchev–Trinajstić information content (AvgIpc) is 3.13. The maximum Gasteiger partial charge on any atom is 0.293 e. The Balaban J connectivity index is 1.93. The van der Waals surface area contributed by atoms with Gasteiger partial charge in [-0.2, -0.15) is 10.2 Å². The Labute approximate surface area is 170 Å². The third kappa shape index (κ3) is 3.48. The van der Waals surface area contributed by atoms with E-state index in [0.29, 0.717) is 12.1 Å². The van der Waals surface area contributed by atoms with E-state index in [-0.39, 0.29) is 11.5 Å². The molecule has 148 valence electrons. The second-order valence-electron chi connectivity index (χ2n) is 8.08. The lowest BCUT2D eigenvalue weighted by Gasteiger charge is -2.13. The van der Waals surface area contributed by atoms with Crippen molar-refractivity contribution in [1.29, 1.82) is 0 Å². The molecule has 0 unspecified atom stereocenters. The fraction of sp³-hybridized carbons (Fsp3) is 0.292. The first-order valence-corrected chi connectivity index (χ1v) is 9.97. The van der Waals surface area contributed by atoms with Crippen molar-refractivity contribution in [2.45, 2.75) is 47.1 Å². The Kier molecular flexibility index (Phi) is 4.82. The van der Waals surface area contributed by atoms with Crippen molar-refractivity contribution in [2.75, 3.05) is 0 Å². The fourth-order valence-corrected chi connectivity index (χ4v) is 3.55. The zero-order valence-electron chi connectivity index (χ0n) is 17.6. The SMILES string of the molecule is Cc1ccc(Cn2nc(C(C)C)c3cnn(-c4ccc(C)c(C)c4)c3c2=O)cc1. The van der Waals surface area contributed by atoms with Crippen LogP contribution in [0.4, 0.5) is 0 Å². The molecule has 2 heterocycles. The van der Waals surface area contributed by atoms with Gasteiger partial charge in [0.25, 0.3) is 5.56 Å². The van der Waals surface area contributed by atoms with E-state index in [1.54, 1.807) is 15.6 Å². The third-order valence-corrected chi connectivity index (χ3v) is 5.45. The van der Waals surface area contributed by atoms with E-state index in [2.05, 4.69) is 64.0 Å². The second-order valence-corrected chi connectivity index (χ2v) is 8.08. The highest BCUT2D eigenvalue weighted by molar-refractivity contribution is 5.82. The maximum atomic E-state index is 13.4. The topological polar surface area (TPSA) is 52.7 Å². The molecule has 0 fully saturated rings. The number of aryl methyl sites for hydroxylation is 3. The number of hydrogen-bond donors (Lipinski definition) is 0.